The van der Waals surface area contributed by atoms with Crippen molar-refractivity contribution in [2.75, 3.05) is 0 Å². The van der Waals surface area contributed by atoms with Gasteiger partial charge in [0.15, 0.2) is 0 Å². The molecule has 2 aromatic rings. The Kier molecular flexibility index (Phi) is 15.6. The topological polar surface area (TPSA) is 86.3 Å². The lowest BCUT2D eigenvalue weighted by Crippen LogP contribution is -2.02. The van der Waals surface area contributed by atoms with E-state index in [1.165, 1.54) is 122 Å². The lowest BCUT2D eigenvalue weighted by molar-refractivity contribution is -0.386. The summed E-state index contributed by atoms with van der Waals surface area (Å²) in [6, 6.07) is 8.43. The Morgan fingerprint density at radius 1 is 0.619 bits per heavy atom. The summed E-state index contributed by atoms with van der Waals surface area (Å²) in [6.07, 6.45) is 27.6. The standard InChI is InChI=1S/C35H51BrN2O4/c1-2-3-4-5-6-7-8-9-10-11-12-13-14-15-16-17-18-19-20-21-22-30-29-24-23-28(37(39)40)27-32(29)31-25-26-33(36)35(34(30)31)38(41)42/h23-27,30H,2-22H2,1H3. The van der Waals surface area contributed by atoms with Crippen molar-refractivity contribution < 1.29 is 9.85 Å². The zero-order valence-electron chi connectivity index (χ0n) is 25.7. The number of benzene rings is 2. The minimum absolute atomic E-state index is 0.0183. The van der Waals surface area contributed by atoms with Gasteiger partial charge in [-0.2, -0.15) is 0 Å². The summed E-state index contributed by atoms with van der Waals surface area (Å²) >= 11 is 3.37. The third-order valence-corrected chi connectivity index (χ3v) is 9.60. The van der Waals surface area contributed by atoms with Crippen molar-refractivity contribution >= 4 is 27.3 Å². The van der Waals surface area contributed by atoms with Gasteiger partial charge in [0, 0.05) is 23.6 Å². The second-order valence-corrected chi connectivity index (χ2v) is 13.1. The monoisotopic (exact) mass is 642 g/mol. The first kappa shape index (κ1) is 34.2. The number of non-ortho nitro benzene ring substituents is 1. The van der Waals surface area contributed by atoms with Crippen LogP contribution in [0.4, 0.5) is 11.4 Å². The Morgan fingerprint density at radius 3 is 1.55 bits per heavy atom. The van der Waals surface area contributed by atoms with Crippen molar-refractivity contribution in [2.24, 2.45) is 0 Å². The molecule has 0 aromatic heterocycles. The molecule has 0 saturated carbocycles. The zero-order chi connectivity index (χ0) is 30.2. The van der Waals surface area contributed by atoms with E-state index in [1.54, 1.807) is 18.2 Å². The van der Waals surface area contributed by atoms with E-state index in [-0.39, 0.29) is 22.2 Å². The molecule has 0 bridgehead atoms. The maximum Gasteiger partial charge on any atom is 0.287 e. The molecule has 0 heterocycles. The third kappa shape index (κ3) is 10.5. The summed E-state index contributed by atoms with van der Waals surface area (Å²) in [7, 11) is 0. The van der Waals surface area contributed by atoms with Crippen molar-refractivity contribution in [3.8, 4) is 11.1 Å². The minimum atomic E-state index is -0.404. The van der Waals surface area contributed by atoms with E-state index < -0.39 is 4.92 Å². The maximum atomic E-state index is 12.0. The Morgan fingerprint density at radius 2 is 1.10 bits per heavy atom. The van der Waals surface area contributed by atoms with Crippen LogP contribution in [0.2, 0.25) is 0 Å². The Labute approximate surface area is 261 Å². The normalized spacial score (nSPS) is 13.7. The van der Waals surface area contributed by atoms with Crippen LogP contribution in [0.3, 0.4) is 0 Å². The van der Waals surface area contributed by atoms with Crippen molar-refractivity contribution in [3.63, 3.8) is 0 Å². The van der Waals surface area contributed by atoms with Gasteiger partial charge in [-0.25, -0.2) is 0 Å². The van der Waals surface area contributed by atoms with Gasteiger partial charge in [-0.1, -0.05) is 147 Å². The number of nitro groups is 2. The number of nitrogens with zero attached hydrogens (tertiary/aromatic N) is 2. The summed E-state index contributed by atoms with van der Waals surface area (Å²) < 4.78 is 0.460. The highest BCUT2D eigenvalue weighted by Gasteiger charge is 2.37. The molecule has 0 amide bonds. The van der Waals surface area contributed by atoms with Gasteiger partial charge in [0.1, 0.15) is 0 Å². The molecule has 0 fully saturated rings. The van der Waals surface area contributed by atoms with Crippen LogP contribution in [0.15, 0.2) is 34.8 Å². The first-order valence-electron chi connectivity index (χ1n) is 16.7. The summed E-state index contributed by atoms with van der Waals surface area (Å²) in [6.45, 7) is 2.28. The van der Waals surface area contributed by atoms with Crippen LogP contribution in [-0.2, 0) is 0 Å². The zero-order valence-corrected chi connectivity index (χ0v) is 27.3. The third-order valence-electron chi connectivity index (χ3n) is 8.96. The number of unbranched alkanes of at least 4 members (excludes halogenated alkanes) is 19. The maximum absolute atomic E-state index is 12.0. The molecule has 6 nitrogen and oxygen atoms in total. The first-order valence-corrected chi connectivity index (χ1v) is 17.5. The van der Waals surface area contributed by atoms with E-state index in [9.17, 15) is 20.2 Å². The SMILES string of the molecule is CCCCCCCCCCCCCCCCCCCCCCC1c2ccc([N+](=O)[O-])cc2-c2ccc(Br)c([N+](=O)[O-])c21. The predicted molar refractivity (Wildman–Crippen MR) is 177 cm³/mol. The lowest BCUT2D eigenvalue weighted by atomic mass is 9.90. The van der Waals surface area contributed by atoms with Crippen LogP contribution >= 0.6 is 15.9 Å². The molecule has 0 saturated heterocycles. The van der Waals surface area contributed by atoms with Crippen molar-refractivity contribution in [3.05, 3.63) is 66.2 Å². The first-order chi connectivity index (χ1) is 20.5. The van der Waals surface area contributed by atoms with E-state index in [4.69, 9.17) is 0 Å². The highest BCUT2D eigenvalue weighted by molar-refractivity contribution is 9.10. The molecule has 7 heteroatoms. The second kappa shape index (κ2) is 19.1. The quantitative estimate of drug-likeness (QED) is 0.0685. The number of hydrogen-bond donors (Lipinski definition) is 0. The van der Waals surface area contributed by atoms with Gasteiger partial charge < -0.3 is 0 Å². The molecular weight excluding hydrogens is 592 g/mol. The van der Waals surface area contributed by atoms with Crippen LogP contribution < -0.4 is 0 Å². The van der Waals surface area contributed by atoms with Gasteiger partial charge in [0.2, 0.25) is 0 Å². The molecule has 42 heavy (non-hydrogen) atoms. The smallest absolute Gasteiger partial charge is 0.258 e. The molecule has 0 N–H and O–H groups in total. The molecule has 1 atom stereocenters. The fourth-order valence-corrected chi connectivity index (χ4v) is 7.10. The van der Waals surface area contributed by atoms with E-state index >= 15 is 0 Å². The van der Waals surface area contributed by atoms with Gasteiger partial charge in [-0.05, 0) is 45.1 Å². The Balaban J connectivity index is 1.29. The van der Waals surface area contributed by atoms with Gasteiger partial charge in [0.25, 0.3) is 11.4 Å². The number of nitro benzene ring substituents is 2. The Hall–Kier alpha value is -2.28. The van der Waals surface area contributed by atoms with E-state index in [0.717, 1.165) is 36.0 Å². The molecule has 0 spiro atoms. The van der Waals surface area contributed by atoms with Crippen LogP contribution in [0.5, 0.6) is 0 Å². The molecule has 0 aliphatic heterocycles. The van der Waals surface area contributed by atoms with Crippen LogP contribution in [0.25, 0.3) is 11.1 Å². The van der Waals surface area contributed by atoms with Crippen molar-refractivity contribution in [1.29, 1.82) is 0 Å². The molecular formula is C35H51BrN2O4. The van der Waals surface area contributed by atoms with E-state index in [0.29, 0.717) is 10.0 Å². The van der Waals surface area contributed by atoms with Gasteiger partial charge in [-0.15, -0.1) is 0 Å². The lowest BCUT2D eigenvalue weighted by Gasteiger charge is -2.14. The number of halogens is 1. The Bertz CT molecular complexity index is 1140. The number of fused-ring (bicyclic) bond motifs is 3. The molecule has 1 unspecified atom stereocenters. The second-order valence-electron chi connectivity index (χ2n) is 12.2. The molecule has 1 aliphatic rings. The highest BCUT2D eigenvalue weighted by Crippen LogP contribution is 2.53. The summed E-state index contributed by atoms with van der Waals surface area (Å²) in [5.41, 5.74) is 3.28. The van der Waals surface area contributed by atoms with E-state index in [1.807, 2.05) is 6.07 Å². The molecule has 3 rings (SSSR count). The molecule has 1 aliphatic carbocycles. The number of rotatable bonds is 23. The van der Waals surface area contributed by atoms with Gasteiger partial charge in [0.05, 0.1) is 14.3 Å². The largest absolute Gasteiger partial charge is 0.287 e. The molecule has 0 radical (unpaired) electrons. The summed E-state index contributed by atoms with van der Waals surface area (Å²) in [5, 5.41) is 23.4. The fourth-order valence-electron chi connectivity index (χ4n) is 6.61. The van der Waals surface area contributed by atoms with Gasteiger partial charge >= 0.3 is 0 Å². The van der Waals surface area contributed by atoms with E-state index in [2.05, 4.69) is 22.9 Å². The van der Waals surface area contributed by atoms with Gasteiger partial charge in [-0.3, -0.25) is 20.2 Å². The summed E-state index contributed by atoms with van der Waals surface area (Å²) in [5.74, 6) is -0.107. The van der Waals surface area contributed by atoms with Crippen molar-refractivity contribution in [2.45, 2.75) is 148 Å². The van der Waals surface area contributed by atoms with Crippen LogP contribution in [0, 0.1) is 20.2 Å². The molecule has 232 valence electrons. The predicted octanol–water partition coefficient (Wildman–Crippen LogP) is 12.6. The number of hydrogen-bond acceptors (Lipinski definition) is 4. The highest BCUT2D eigenvalue weighted by atomic mass is 79.9. The molecule has 2 aromatic carbocycles. The van der Waals surface area contributed by atoms with Crippen LogP contribution in [0.1, 0.15) is 159 Å². The average molecular weight is 644 g/mol. The average Bonchev–Trinajstić information content (AvgIpc) is 3.28. The summed E-state index contributed by atoms with van der Waals surface area (Å²) in [4.78, 5) is 22.6. The van der Waals surface area contributed by atoms with Crippen molar-refractivity contribution in [1.82, 2.24) is 0 Å². The fraction of sp³-hybridized carbons (Fsp3) is 0.657. The van der Waals surface area contributed by atoms with Crippen LogP contribution in [-0.4, -0.2) is 9.85 Å². The minimum Gasteiger partial charge on any atom is -0.258 e.